The minimum absolute atomic E-state index is 0.353. The van der Waals surface area contributed by atoms with Gasteiger partial charge in [-0.2, -0.15) is 0 Å². The van der Waals surface area contributed by atoms with Crippen molar-refractivity contribution in [2.24, 2.45) is 5.92 Å². The van der Waals surface area contributed by atoms with Gasteiger partial charge in [0.25, 0.3) is 0 Å². The third kappa shape index (κ3) is 4.71. The average molecular weight is 227 g/mol. The van der Waals surface area contributed by atoms with E-state index in [4.69, 9.17) is 0 Å². The van der Waals surface area contributed by atoms with Gasteiger partial charge in [-0.25, -0.2) is 8.78 Å². The largest absolute Gasteiger partial charge is 0.310 e. The van der Waals surface area contributed by atoms with Crippen molar-refractivity contribution < 1.29 is 8.78 Å². The molecule has 0 saturated carbocycles. The second kappa shape index (κ2) is 5.94. The van der Waals surface area contributed by atoms with Crippen LogP contribution in [0.15, 0.2) is 18.2 Å². The molecule has 1 atom stereocenters. The Morgan fingerprint density at radius 2 is 1.62 bits per heavy atom. The van der Waals surface area contributed by atoms with Gasteiger partial charge >= 0.3 is 0 Å². The van der Waals surface area contributed by atoms with Crippen LogP contribution in [-0.2, 0) is 6.54 Å². The molecule has 0 spiro atoms. The van der Waals surface area contributed by atoms with E-state index in [-0.39, 0.29) is 0 Å². The molecule has 0 saturated heterocycles. The molecule has 0 fully saturated rings. The van der Waals surface area contributed by atoms with Crippen LogP contribution >= 0.6 is 0 Å². The highest BCUT2D eigenvalue weighted by Gasteiger charge is 2.05. The molecule has 16 heavy (non-hydrogen) atoms. The summed E-state index contributed by atoms with van der Waals surface area (Å²) < 4.78 is 25.8. The van der Waals surface area contributed by atoms with Crippen molar-refractivity contribution in [1.29, 1.82) is 0 Å². The van der Waals surface area contributed by atoms with Crippen molar-refractivity contribution in [1.82, 2.24) is 5.32 Å². The highest BCUT2D eigenvalue weighted by molar-refractivity contribution is 5.17. The van der Waals surface area contributed by atoms with Crippen LogP contribution in [0.4, 0.5) is 8.78 Å². The van der Waals surface area contributed by atoms with Crippen LogP contribution in [0.1, 0.15) is 32.8 Å². The van der Waals surface area contributed by atoms with Crippen molar-refractivity contribution in [3.63, 3.8) is 0 Å². The van der Waals surface area contributed by atoms with E-state index in [1.165, 1.54) is 12.1 Å². The molecule has 0 aromatic heterocycles. The highest BCUT2D eigenvalue weighted by atomic mass is 19.1. The zero-order valence-corrected chi connectivity index (χ0v) is 10.1. The summed E-state index contributed by atoms with van der Waals surface area (Å²) in [6.45, 7) is 6.89. The van der Waals surface area contributed by atoms with E-state index in [1.54, 1.807) is 0 Å². The minimum atomic E-state index is -0.520. The first-order valence-electron chi connectivity index (χ1n) is 5.65. The fourth-order valence-electron chi connectivity index (χ4n) is 1.80. The van der Waals surface area contributed by atoms with Crippen LogP contribution < -0.4 is 5.32 Å². The first-order valence-corrected chi connectivity index (χ1v) is 5.65. The maximum absolute atomic E-state index is 12.9. The summed E-state index contributed by atoms with van der Waals surface area (Å²) in [7, 11) is 0. The molecule has 0 aliphatic rings. The highest BCUT2D eigenvalue weighted by Crippen LogP contribution is 2.09. The van der Waals surface area contributed by atoms with E-state index in [2.05, 4.69) is 26.1 Å². The normalized spacial score (nSPS) is 13.1. The van der Waals surface area contributed by atoms with Crippen molar-refractivity contribution in [2.75, 3.05) is 0 Å². The van der Waals surface area contributed by atoms with Crippen LogP contribution in [0.2, 0.25) is 0 Å². The first kappa shape index (κ1) is 13.1. The van der Waals surface area contributed by atoms with Gasteiger partial charge < -0.3 is 5.32 Å². The Hall–Kier alpha value is -0.960. The third-order valence-corrected chi connectivity index (χ3v) is 2.40. The molecule has 0 heterocycles. The van der Waals surface area contributed by atoms with Crippen LogP contribution in [-0.4, -0.2) is 6.04 Å². The number of halogens is 2. The summed E-state index contributed by atoms with van der Waals surface area (Å²) in [5.74, 6) is -0.423. The number of hydrogen-bond donors (Lipinski definition) is 1. The van der Waals surface area contributed by atoms with Crippen molar-refractivity contribution in [3.05, 3.63) is 35.4 Å². The second-order valence-electron chi connectivity index (χ2n) is 4.69. The Morgan fingerprint density at radius 3 is 2.12 bits per heavy atom. The Bertz CT molecular complexity index is 316. The lowest BCUT2D eigenvalue weighted by molar-refractivity contribution is 0.440. The molecule has 1 aromatic rings. The van der Waals surface area contributed by atoms with E-state index in [9.17, 15) is 8.78 Å². The van der Waals surface area contributed by atoms with Gasteiger partial charge in [0.05, 0.1) is 0 Å². The quantitative estimate of drug-likeness (QED) is 0.812. The number of rotatable bonds is 5. The maximum atomic E-state index is 12.9. The van der Waals surface area contributed by atoms with Crippen molar-refractivity contribution in [3.8, 4) is 0 Å². The lowest BCUT2D eigenvalue weighted by Crippen LogP contribution is -2.26. The maximum Gasteiger partial charge on any atom is 0.126 e. The molecule has 0 aliphatic carbocycles. The van der Waals surface area contributed by atoms with Gasteiger partial charge in [-0.05, 0) is 37.0 Å². The molecule has 0 radical (unpaired) electrons. The van der Waals surface area contributed by atoms with Gasteiger partial charge in [0, 0.05) is 18.7 Å². The predicted molar refractivity (Wildman–Crippen MR) is 62.1 cm³/mol. The van der Waals surface area contributed by atoms with Gasteiger partial charge in [0.1, 0.15) is 11.6 Å². The smallest absolute Gasteiger partial charge is 0.126 e. The Morgan fingerprint density at radius 1 is 1.06 bits per heavy atom. The third-order valence-electron chi connectivity index (χ3n) is 2.40. The molecule has 1 N–H and O–H groups in total. The Kier molecular flexibility index (Phi) is 4.87. The molecule has 1 rings (SSSR count). The Balaban J connectivity index is 2.48. The molecule has 1 unspecified atom stereocenters. The summed E-state index contributed by atoms with van der Waals surface area (Å²) >= 11 is 0. The van der Waals surface area contributed by atoms with E-state index in [1.807, 2.05) is 0 Å². The molecule has 0 bridgehead atoms. The second-order valence-corrected chi connectivity index (χ2v) is 4.69. The number of benzene rings is 1. The fraction of sp³-hybridized carbons (Fsp3) is 0.538. The zero-order chi connectivity index (χ0) is 12.1. The molecular formula is C13H19F2N. The predicted octanol–water partition coefficient (Wildman–Crippen LogP) is 3.49. The molecule has 1 aromatic carbocycles. The van der Waals surface area contributed by atoms with Crippen LogP contribution in [0.5, 0.6) is 0 Å². The summed E-state index contributed by atoms with van der Waals surface area (Å²) in [6, 6.07) is 3.96. The minimum Gasteiger partial charge on any atom is -0.310 e. The standard InChI is InChI=1S/C13H19F2N/c1-9(2)4-10(3)16-8-11-5-12(14)7-13(15)6-11/h5-7,9-10,16H,4,8H2,1-3H3. The SMILES string of the molecule is CC(C)CC(C)NCc1cc(F)cc(F)c1. The molecule has 1 nitrogen and oxygen atoms in total. The van der Waals surface area contributed by atoms with Crippen LogP contribution in [0.25, 0.3) is 0 Å². The summed E-state index contributed by atoms with van der Waals surface area (Å²) in [5.41, 5.74) is 0.646. The molecule has 90 valence electrons. The molecular weight excluding hydrogens is 208 g/mol. The number of hydrogen-bond acceptors (Lipinski definition) is 1. The Labute approximate surface area is 95.9 Å². The summed E-state index contributed by atoms with van der Waals surface area (Å²) in [4.78, 5) is 0. The summed E-state index contributed by atoms with van der Waals surface area (Å²) in [6.07, 6.45) is 1.05. The lowest BCUT2D eigenvalue weighted by Gasteiger charge is -2.15. The van der Waals surface area contributed by atoms with E-state index < -0.39 is 11.6 Å². The first-order chi connectivity index (χ1) is 7.47. The van der Waals surface area contributed by atoms with Gasteiger partial charge in [-0.15, -0.1) is 0 Å². The summed E-state index contributed by atoms with van der Waals surface area (Å²) in [5, 5.41) is 3.25. The lowest BCUT2D eigenvalue weighted by atomic mass is 10.1. The van der Waals surface area contributed by atoms with E-state index in [0.717, 1.165) is 12.5 Å². The monoisotopic (exact) mass is 227 g/mol. The van der Waals surface area contributed by atoms with Crippen LogP contribution in [0.3, 0.4) is 0 Å². The van der Waals surface area contributed by atoms with Crippen LogP contribution in [0, 0.1) is 17.6 Å². The number of nitrogens with one attached hydrogen (secondary N) is 1. The van der Waals surface area contributed by atoms with Crippen molar-refractivity contribution in [2.45, 2.75) is 39.8 Å². The van der Waals surface area contributed by atoms with Gasteiger partial charge in [0.15, 0.2) is 0 Å². The van der Waals surface area contributed by atoms with E-state index in [0.29, 0.717) is 24.1 Å². The van der Waals surface area contributed by atoms with Gasteiger partial charge in [0.2, 0.25) is 0 Å². The van der Waals surface area contributed by atoms with E-state index >= 15 is 0 Å². The van der Waals surface area contributed by atoms with Gasteiger partial charge in [-0.3, -0.25) is 0 Å². The fourth-order valence-corrected chi connectivity index (χ4v) is 1.80. The zero-order valence-electron chi connectivity index (χ0n) is 10.1. The topological polar surface area (TPSA) is 12.0 Å². The van der Waals surface area contributed by atoms with Gasteiger partial charge in [-0.1, -0.05) is 13.8 Å². The molecule has 3 heteroatoms. The molecule has 0 amide bonds. The average Bonchev–Trinajstić information content (AvgIpc) is 2.12. The molecule has 0 aliphatic heterocycles. The van der Waals surface area contributed by atoms with Crippen molar-refractivity contribution >= 4 is 0 Å².